The lowest BCUT2D eigenvalue weighted by Gasteiger charge is -2.25. The van der Waals surface area contributed by atoms with Gasteiger partial charge in [-0.25, -0.2) is 8.42 Å². The molecule has 0 aliphatic carbocycles. The molecule has 1 N–H and O–H groups in total. The molecule has 0 saturated carbocycles. The van der Waals surface area contributed by atoms with E-state index in [0.717, 1.165) is 5.56 Å². The van der Waals surface area contributed by atoms with Crippen molar-refractivity contribution in [1.82, 2.24) is 5.32 Å². The van der Waals surface area contributed by atoms with Crippen LogP contribution in [0.5, 0.6) is 5.75 Å². The molecular formula is C24H22N2O4S. The van der Waals surface area contributed by atoms with E-state index in [1.807, 2.05) is 30.3 Å². The van der Waals surface area contributed by atoms with Crippen molar-refractivity contribution in [3.8, 4) is 18.1 Å². The molecule has 0 atom stereocenters. The van der Waals surface area contributed by atoms with Crippen molar-refractivity contribution in [2.75, 3.05) is 18.0 Å². The molecule has 0 aromatic heterocycles. The SMILES string of the molecule is C#CCNC(=O)c1cccc(S(=O)(=O)N(Cc2ccccc2)c2ccc(OC)cc2)c1. The van der Waals surface area contributed by atoms with E-state index in [1.54, 1.807) is 37.4 Å². The summed E-state index contributed by atoms with van der Waals surface area (Å²) < 4.78 is 33.7. The third-order valence-electron chi connectivity index (χ3n) is 4.56. The van der Waals surface area contributed by atoms with E-state index in [2.05, 4.69) is 11.2 Å². The van der Waals surface area contributed by atoms with Gasteiger partial charge < -0.3 is 10.1 Å². The number of terminal acetylenes is 1. The number of ether oxygens (including phenoxy) is 1. The number of methoxy groups -OCH3 is 1. The summed E-state index contributed by atoms with van der Waals surface area (Å²) >= 11 is 0. The number of nitrogens with zero attached hydrogens (tertiary/aromatic N) is 1. The van der Waals surface area contributed by atoms with Crippen LogP contribution in [0.25, 0.3) is 0 Å². The molecule has 0 heterocycles. The fourth-order valence-corrected chi connectivity index (χ4v) is 4.47. The minimum atomic E-state index is -3.98. The molecule has 1 amide bonds. The Bertz CT molecular complexity index is 1180. The van der Waals surface area contributed by atoms with E-state index in [0.29, 0.717) is 11.4 Å². The molecule has 6 nitrogen and oxygen atoms in total. The Hall–Kier alpha value is -3.76. The molecule has 0 radical (unpaired) electrons. The van der Waals surface area contributed by atoms with E-state index < -0.39 is 15.9 Å². The second-order valence-corrected chi connectivity index (χ2v) is 8.47. The maximum atomic E-state index is 13.6. The van der Waals surface area contributed by atoms with Gasteiger partial charge in [-0.2, -0.15) is 0 Å². The van der Waals surface area contributed by atoms with Crippen LogP contribution in [0.3, 0.4) is 0 Å². The van der Waals surface area contributed by atoms with Gasteiger partial charge in [0.15, 0.2) is 0 Å². The molecular weight excluding hydrogens is 412 g/mol. The van der Waals surface area contributed by atoms with Gasteiger partial charge >= 0.3 is 0 Å². The summed E-state index contributed by atoms with van der Waals surface area (Å²) in [5.41, 5.74) is 1.52. The summed E-state index contributed by atoms with van der Waals surface area (Å²) in [6.45, 7) is 0.185. The molecule has 31 heavy (non-hydrogen) atoms. The standard InChI is InChI=1S/C24H22N2O4S/c1-3-16-25-24(27)20-10-7-11-23(17-20)31(28,29)26(18-19-8-5-4-6-9-19)21-12-14-22(30-2)15-13-21/h1,4-15,17H,16,18H2,2H3,(H,25,27). The van der Waals surface area contributed by atoms with E-state index in [-0.39, 0.29) is 23.5 Å². The van der Waals surface area contributed by atoms with Gasteiger partial charge in [0.25, 0.3) is 15.9 Å². The van der Waals surface area contributed by atoms with Crippen LogP contribution in [0.15, 0.2) is 83.8 Å². The fourth-order valence-electron chi connectivity index (χ4n) is 2.97. The van der Waals surface area contributed by atoms with Gasteiger partial charge in [0.05, 0.1) is 30.8 Å². The number of hydrogen-bond donors (Lipinski definition) is 1. The Morgan fingerprint density at radius 2 is 1.74 bits per heavy atom. The molecule has 7 heteroatoms. The van der Waals surface area contributed by atoms with Crippen LogP contribution in [-0.2, 0) is 16.6 Å². The first-order valence-electron chi connectivity index (χ1n) is 9.48. The lowest BCUT2D eigenvalue weighted by Crippen LogP contribution is -2.31. The molecule has 3 aromatic carbocycles. The minimum absolute atomic E-state index is 0.00704. The third-order valence-corrected chi connectivity index (χ3v) is 6.33. The predicted molar refractivity (Wildman–Crippen MR) is 120 cm³/mol. The van der Waals surface area contributed by atoms with Gasteiger partial charge in [0, 0.05) is 5.56 Å². The normalized spacial score (nSPS) is 10.7. The smallest absolute Gasteiger partial charge is 0.264 e. The molecule has 0 bridgehead atoms. The highest BCUT2D eigenvalue weighted by Gasteiger charge is 2.26. The molecule has 3 rings (SSSR count). The number of benzene rings is 3. The van der Waals surface area contributed by atoms with Gasteiger partial charge in [-0.1, -0.05) is 42.3 Å². The third kappa shape index (κ3) is 5.24. The first kappa shape index (κ1) is 21.9. The number of hydrogen-bond acceptors (Lipinski definition) is 4. The Morgan fingerprint density at radius 3 is 2.39 bits per heavy atom. The number of sulfonamides is 1. The van der Waals surface area contributed by atoms with E-state index in [9.17, 15) is 13.2 Å². The number of nitrogens with one attached hydrogen (secondary N) is 1. The average Bonchev–Trinajstić information content (AvgIpc) is 2.81. The summed E-state index contributed by atoms with van der Waals surface area (Å²) in [5.74, 6) is 2.50. The van der Waals surface area contributed by atoms with Gasteiger partial charge in [-0.05, 0) is 48.0 Å². The Morgan fingerprint density at radius 1 is 1.03 bits per heavy atom. The minimum Gasteiger partial charge on any atom is -0.497 e. The van der Waals surface area contributed by atoms with E-state index in [1.165, 1.54) is 22.5 Å². The number of carbonyl (C=O) groups is 1. The fraction of sp³-hybridized carbons (Fsp3) is 0.125. The summed E-state index contributed by atoms with van der Waals surface area (Å²) in [5, 5.41) is 2.54. The molecule has 0 aliphatic heterocycles. The molecule has 0 unspecified atom stereocenters. The van der Waals surface area contributed by atoms with Crippen molar-refractivity contribution in [2.45, 2.75) is 11.4 Å². The molecule has 0 fully saturated rings. The average molecular weight is 435 g/mol. The highest BCUT2D eigenvalue weighted by Crippen LogP contribution is 2.28. The first-order valence-corrected chi connectivity index (χ1v) is 10.9. The Labute approximate surface area is 182 Å². The summed E-state index contributed by atoms with van der Waals surface area (Å²) in [7, 11) is -2.43. The zero-order valence-corrected chi connectivity index (χ0v) is 17.8. The van der Waals surface area contributed by atoms with Crippen molar-refractivity contribution >= 4 is 21.6 Å². The molecule has 3 aromatic rings. The summed E-state index contributed by atoms with van der Waals surface area (Å²) in [6, 6.07) is 21.9. The van der Waals surface area contributed by atoms with Crippen LogP contribution in [0, 0.1) is 12.3 Å². The van der Waals surface area contributed by atoms with Crippen molar-refractivity contribution in [1.29, 1.82) is 0 Å². The highest BCUT2D eigenvalue weighted by atomic mass is 32.2. The summed E-state index contributed by atoms with van der Waals surface area (Å²) in [6.07, 6.45) is 5.18. The van der Waals surface area contributed by atoms with Crippen LogP contribution >= 0.6 is 0 Å². The quantitative estimate of drug-likeness (QED) is 0.551. The van der Waals surface area contributed by atoms with E-state index >= 15 is 0 Å². The maximum Gasteiger partial charge on any atom is 0.264 e. The first-order chi connectivity index (χ1) is 15.0. The zero-order chi connectivity index (χ0) is 22.3. The molecule has 0 aliphatic rings. The van der Waals surface area contributed by atoms with Gasteiger partial charge in [-0.15, -0.1) is 6.42 Å². The molecule has 158 valence electrons. The number of rotatable bonds is 8. The zero-order valence-electron chi connectivity index (χ0n) is 17.0. The van der Waals surface area contributed by atoms with Crippen molar-refractivity contribution < 1.29 is 17.9 Å². The van der Waals surface area contributed by atoms with Gasteiger partial charge in [0.1, 0.15) is 5.75 Å². The molecule has 0 saturated heterocycles. The topological polar surface area (TPSA) is 75.7 Å². The lowest BCUT2D eigenvalue weighted by molar-refractivity contribution is 0.0958. The largest absolute Gasteiger partial charge is 0.497 e. The Kier molecular flexibility index (Phi) is 6.96. The van der Waals surface area contributed by atoms with Crippen LogP contribution in [0.4, 0.5) is 5.69 Å². The number of anilines is 1. The highest BCUT2D eigenvalue weighted by molar-refractivity contribution is 7.92. The van der Waals surface area contributed by atoms with Crippen LogP contribution in [0.2, 0.25) is 0 Å². The predicted octanol–water partition coefficient (Wildman–Crippen LogP) is 3.45. The monoisotopic (exact) mass is 434 g/mol. The van der Waals surface area contributed by atoms with Crippen LogP contribution in [0.1, 0.15) is 15.9 Å². The van der Waals surface area contributed by atoms with E-state index in [4.69, 9.17) is 11.2 Å². The molecule has 0 spiro atoms. The van der Waals surface area contributed by atoms with Crippen molar-refractivity contribution in [3.05, 3.63) is 90.0 Å². The number of carbonyl (C=O) groups excluding carboxylic acids is 1. The second-order valence-electron chi connectivity index (χ2n) is 6.61. The van der Waals surface area contributed by atoms with Crippen molar-refractivity contribution in [3.63, 3.8) is 0 Å². The second kappa shape index (κ2) is 9.83. The lowest BCUT2D eigenvalue weighted by atomic mass is 10.2. The maximum absolute atomic E-state index is 13.6. The van der Waals surface area contributed by atoms with Gasteiger partial charge in [-0.3, -0.25) is 9.10 Å². The van der Waals surface area contributed by atoms with Crippen LogP contribution < -0.4 is 14.4 Å². The summed E-state index contributed by atoms with van der Waals surface area (Å²) in [4.78, 5) is 12.3. The number of amides is 1. The van der Waals surface area contributed by atoms with Crippen LogP contribution in [-0.4, -0.2) is 28.0 Å². The Balaban J connectivity index is 2.02. The van der Waals surface area contributed by atoms with Crippen molar-refractivity contribution in [2.24, 2.45) is 0 Å². The van der Waals surface area contributed by atoms with Gasteiger partial charge in [0.2, 0.25) is 0 Å².